The van der Waals surface area contributed by atoms with Gasteiger partial charge in [0.25, 0.3) is 5.56 Å². The maximum atomic E-state index is 11.8. The largest absolute Gasteiger partial charge is 0.368 e. The number of fused-ring (bicyclic) bond motifs is 1. The average Bonchev–Trinajstić information content (AvgIpc) is 2.97. The summed E-state index contributed by atoms with van der Waals surface area (Å²) in [4.78, 5) is 19.0. The number of aromatic nitrogens is 5. The fraction of sp³-hybridized carbons (Fsp3) is 0.200. The van der Waals surface area contributed by atoms with E-state index in [0.29, 0.717) is 27.4 Å². The van der Waals surface area contributed by atoms with Crippen molar-refractivity contribution in [3.8, 4) is 0 Å². The van der Waals surface area contributed by atoms with Crippen LogP contribution >= 0.6 is 23.1 Å². The molecule has 3 aromatic rings. The highest BCUT2D eigenvalue weighted by atomic mass is 32.2. The van der Waals surface area contributed by atoms with Crippen LogP contribution in [0.15, 0.2) is 21.4 Å². The van der Waals surface area contributed by atoms with Crippen molar-refractivity contribution in [2.75, 3.05) is 5.73 Å². The molecule has 0 fully saturated rings. The van der Waals surface area contributed by atoms with E-state index in [9.17, 15) is 4.79 Å². The molecule has 9 heteroatoms. The Morgan fingerprint density at radius 3 is 3.11 bits per heavy atom. The van der Waals surface area contributed by atoms with E-state index in [-0.39, 0.29) is 5.56 Å². The fourth-order valence-corrected chi connectivity index (χ4v) is 3.09. The third-order valence-corrected chi connectivity index (χ3v) is 4.50. The van der Waals surface area contributed by atoms with E-state index in [4.69, 9.17) is 5.73 Å². The average molecular weight is 294 g/mol. The molecule has 0 aliphatic rings. The Hall–Kier alpha value is -1.87. The van der Waals surface area contributed by atoms with Crippen LogP contribution in [0.2, 0.25) is 0 Å². The zero-order chi connectivity index (χ0) is 13.4. The second-order valence-corrected chi connectivity index (χ2v) is 5.69. The third-order valence-electron chi connectivity index (χ3n) is 2.57. The van der Waals surface area contributed by atoms with Crippen LogP contribution in [0.4, 0.5) is 5.95 Å². The molecule has 7 nitrogen and oxygen atoms in total. The van der Waals surface area contributed by atoms with E-state index in [1.807, 2.05) is 11.4 Å². The maximum absolute atomic E-state index is 11.8. The summed E-state index contributed by atoms with van der Waals surface area (Å²) in [5.74, 6) is 1.48. The molecule has 0 aliphatic carbocycles. The summed E-state index contributed by atoms with van der Waals surface area (Å²) in [6.45, 7) is 0. The van der Waals surface area contributed by atoms with Gasteiger partial charge in [-0.05, 0) is 11.4 Å². The lowest BCUT2D eigenvalue weighted by atomic mass is 10.4. The molecule has 0 saturated carbocycles. The number of hydrogen-bond donors (Lipinski definition) is 2. The SMILES string of the molecule is Cn1c(N)nnc1SCc1nc2ccsc2c(=O)[nH]1. The van der Waals surface area contributed by atoms with Crippen molar-refractivity contribution in [2.24, 2.45) is 7.05 Å². The van der Waals surface area contributed by atoms with Gasteiger partial charge in [-0.1, -0.05) is 11.8 Å². The number of thiophene rings is 1. The summed E-state index contributed by atoms with van der Waals surface area (Å²) in [6.07, 6.45) is 0. The molecule has 0 radical (unpaired) electrons. The molecular formula is C10H10N6OS2. The van der Waals surface area contributed by atoms with E-state index >= 15 is 0 Å². The van der Waals surface area contributed by atoms with Gasteiger partial charge in [-0.25, -0.2) is 4.98 Å². The molecule has 0 aromatic carbocycles. The molecule has 98 valence electrons. The number of nitrogens with zero attached hydrogens (tertiary/aromatic N) is 4. The smallest absolute Gasteiger partial charge is 0.268 e. The van der Waals surface area contributed by atoms with Crippen molar-refractivity contribution in [3.63, 3.8) is 0 Å². The van der Waals surface area contributed by atoms with Gasteiger partial charge in [0.1, 0.15) is 10.5 Å². The number of nitrogen functional groups attached to an aromatic ring is 1. The van der Waals surface area contributed by atoms with Crippen molar-refractivity contribution in [2.45, 2.75) is 10.9 Å². The third kappa shape index (κ3) is 2.22. The summed E-state index contributed by atoms with van der Waals surface area (Å²) in [5, 5.41) is 10.2. The number of nitrogens with one attached hydrogen (secondary N) is 1. The topological polar surface area (TPSA) is 102 Å². The van der Waals surface area contributed by atoms with Crippen molar-refractivity contribution in [1.29, 1.82) is 0 Å². The van der Waals surface area contributed by atoms with Crippen LogP contribution in [0.25, 0.3) is 10.2 Å². The number of rotatable bonds is 3. The molecule has 3 aromatic heterocycles. The molecule has 0 unspecified atom stereocenters. The van der Waals surface area contributed by atoms with Gasteiger partial charge < -0.3 is 10.7 Å². The number of aromatic amines is 1. The molecule has 3 heterocycles. The van der Waals surface area contributed by atoms with Crippen LogP contribution < -0.4 is 11.3 Å². The first kappa shape index (κ1) is 12.2. The van der Waals surface area contributed by atoms with Gasteiger partial charge in [0.15, 0.2) is 5.16 Å². The highest BCUT2D eigenvalue weighted by Gasteiger charge is 2.09. The van der Waals surface area contributed by atoms with E-state index in [0.717, 1.165) is 5.52 Å². The van der Waals surface area contributed by atoms with Gasteiger partial charge in [-0.15, -0.1) is 21.5 Å². The Kier molecular flexibility index (Phi) is 2.99. The zero-order valence-electron chi connectivity index (χ0n) is 9.95. The van der Waals surface area contributed by atoms with Gasteiger partial charge in [0, 0.05) is 7.05 Å². The van der Waals surface area contributed by atoms with Crippen LogP contribution in [0.5, 0.6) is 0 Å². The molecule has 0 aliphatic heterocycles. The second kappa shape index (κ2) is 4.67. The van der Waals surface area contributed by atoms with Crippen molar-refractivity contribution in [1.82, 2.24) is 24.7 Å². The predicted molar refractivity (Wildman–Crippen MR) is 75.2 cm³/mol. The number of nitrogens with two attached hydrogens (primary N) is 1. The molecular weight excluding hydrogens is 284 g/mol. The van der Waals surface area contributed by atoms with Crippen LogP contribution in [-0.2, 0) is 12.8 Å². The summed E-state index contributed by atoms with van der Waals surface area (Å²) in [6, 6.07) is 1.84. The quantitative estimate of drug-likeness (QED) is 0.698. The molecule has 19 heavy (non-hydrogen) atoms. The van der Waals surface area contributed by atoms with Crippen LogP contribution in [-0.4, -0.2) is 24.7 Å². The molecule has 0 saturated heterocycles. The number of anilines is 1. The van der Waals surface area contributed by atoms with Crippen LogP contribution in [0.1, 0.15) is 5.82 Å². The monoisotopic (exact) mass is 294 g/mol. The van der Waals surface area contributed by atoms with E-state index in [2.05, 4.69) is 20.2 Å². The molecule has 0 atom stereocenters. The lowest BCUT2D eigenvalue weighted by molar-refractivity contribution is 0.795. The number of H-pyrrole nitrogens is 1. The number of hydrogen-bond acceptors (Lipinski definition) is 7. The maximum Gasteiger partial charge on any atom is 0.268 e. The minimum absolute atomic E-state index is 0.104. The van der Waals surface area contributed by atoms with Crippen molar-refractivity contribution < 1.29 is 0 Å². The molecule has 3 rings (SSSR count). The lowest BCUT2D eigenvalue weighted by Crippen LogP contribution is -2.09. The Balaban J connectivity index is 1.85. The lowest BCUT2D eigenvalue weighted by Gasteiger charge is -2.01. The first-order valence-corrected chi connectivity index (χ1v) is 7.26. The highest BCUT2D eigenvalue weighted by molar-refractivity contribution is 7.98. The predicted octanol–water partition coefficient (Wildman–Crippen LogP) is 0.988. The normalized spacial score (nSPS) is 11.2. The van der Waals surface area contributed by atoms with Gasteiger partial charge in [-0.2, -0.15) is 0 Å². The Morgan fingerprint density at radius 1 is 1.53 bits per heavy atom. The van der Waals surface area contributed by atoms with Crippen molar-refractivity contribution in [3.05, 3.63) is 27.6 Å². The van der Waals surface area contributed by atoms with E-state index in [1.165, 1.54) is 23.1 Å². The van der Waals surface area contributed by atoms with E-state index < -0.39 is 0 Å². The fourth-order valence-electron chi connectivity index (χ4n) is 1.57. The Bertz CT molecular complexity index is 789. The van der Waals surface area contributed by atoms with Gasteiger partial charge in [0.05, 0.1) is 11.3 Å². The zero-order valence-corrected chi connectivity index (χ0v) is 11.6. The van der Waals surface area contributed by atoms with Gasteiger partial charge in [0.2, 0.25) is 5.95 Å². The van der Waals surface area contributed by atoms with Crippen LogP contribution in [0.3, 0.4) is 0 Å². The Labute approximate surface area is 115 Å². The van der Waals surface area contributed by atoms with Crippen LogP contribution in [0, 0.1) is 0 Å². The first-order valence-electron chi connectivity index (χ1n) is 5.39. The molecule has 0 amide bonds. The first-order chi connectivity index (χ1) is 9.15. The summed E-state index contributed by atoms with van der Waals surface area (Å²) in [5.41, 5.74) is 6.22. The van der Waals surface area contributed by atoms with Crippen molar-refractivity contribution >= 4 is 39.3 Å². The standard InChI is InChI=1S/C10H10N6OS2/c1-16-9(11)14-15-10(16)19-4-6-12-5-2-3-18-7(5)8(17)13-6/h2-3H,4H2,1H3,(H2,11,14)(H,12,13,17). The molecule has 3 N–H and O–H groups in total. The molecule has 0 spiro atoms. The Morgan fingerprint density at radius 2 is 2.37 bits per heavy atom. The van der Waals surface area contributed by atoms with E-state index in [1.54, 1.807) is 11.6 Å². The second-order valence-electron chi connectivity index (χ2n) is 3.84. The summed E-state index contributed by atoms with van der Waals surface area (Å²) < 4.78 is 2.34. The minimum Gasteiger partial charge on any atom is -0.368 e. The van der Waals surface area contributed by atoms with Gasteiger partial charge in [-0.3, -0.25) is 9.36 Å². The number of thioether (sulfide) groups is 1. The highest BCUT2D eigenvalue weighted by Crippen LogP contribution is 2.21. The summed E-state index contributed by atoms with van der Waals surface area (Å²) in [7, 11) is 1.79. The molecule has 0 bridgehead atoms. The minimum atomic E-state index is -0.104. The van der Waals surface area contributed by atoms with Gasteiger partial charge >= 0.3 is 0 Å². The summed E-state index contributed by atoms with van der Waals surface area (Å²) >= 11 is 2.81.